The van der Waals surface area contributed by atoms with Crippen LogP contribution in [0.25, 0.3) is 0 Å². The van der Waals surface area contributed by atoms with Crippen molar-refractivity contribution in [3.05, 3.63) is 47.4 Å². The van der Waals surface area contributed by atoms with Crippen molar-refractivity contribution in [1.82, 2.24) is 9.97 Å². The predicted octanol–water partition coefficient (Wildman–Crippen LogP) is 3.97. The summed E-state index contributed by atoms with van der Waals surface area (Å²) < 4.78 is 0. The Bertz CT molecular complexity index is 673. The number of carbonyl (C=O) groups excluding carboxylic acids is 1. The summed E-state index contributed by atoms with van der Waals surface area (Å²) in [7, 11) is 0. The minimum atomic E-state index is -0.211. The number of aryl methyl sites for hydroxylation is 2. The summed E-state index contributed by atoms with van der Waals surface area (Å²) in [4.78, 5) is 23.2. The van der Waals surface area contributed by atoms with Gasteiger partial charge >= 0.3 is 0 Å². The quantitative estimate of drug-likeness (QED) is 0.836. The normalized spacial score (nSPS) is 10.5. The second kappa shape index (κ2) is 8.43. The summed E-state index contributed by atoms with van der Waals surface area (Å²) >= 11 is 0. The molecule has 1 heterocycles. The monoisotopic (exact) mass is 326 g/mol. The van der Waals surface area contributed by atoms with E-state index < -0.39 is 0 Å². The molecule has 5 heteroatoms. The molecule has 0 atom stereocenters. The molecule has 0 radical (unpaired) electrons. The third kappa shape index (κ3) is 4.78. The standard InChI is InChI=1S/C19H26N4O/c1-5-7-23(8-6-2)18-12-17(20-13-21-18)19(24)22-16-10-14(3)9-15(4)11-16/h9-13H,5-8H2,1-4H3,(H,22,24). The van der Waals surface area contributed by atoms with Crippen molar-refractivity contribution in [2.45, 2.75) is 40.5 Å². The van der Waals surface area contributed by atoms with E-state index in [1.807, 2.05) is 26.0 Å². The first-order valence-corrected chi connectivity index (χ1v) is 8.50. The topological polar surface area (TPSA) is 58.1 Å². The summed E-state index contributed by atoms with van der Waals surface area (Å²) in [5.74, 6) is 0.593. The van der Waals surface area contributed by atoms with Gasteiger partial charge in [-0.2, -0.15) is 0 Å². The SMILES string of the molecule is CCCN(CCC)c1cc(C(=O)Nc2cc(C)cc(C)c2)ncn1. The number of amides is 1. The zero-order chi connectivity index (χ0) is 17.5. The maximum absolute atomic E-state index is 12.5. The first-order valence-electron chi connectivity index (χ1n) is 8.50. The summed E-state index contributed by atoms with van der Waals surface area (Å²) in [5.41, 5.74) is 3.41. The third-order valence-corrected chi connectivity index (χ3v) is 3.68. The number of rotatable bonds is 7. The first kappa shape index (κ1) is 17.9. The van der Waals surface area contributed by atoms with Crippen molar-refractivity contribution in [2.75, 3.05) is 23.3 Å². The molecular weight excluding hydrogens is 300 g/mol. The van der Waals surface area contributed by atoms with Crippen LogP contribution in [-0.4, -0.2) is 29.0 Å². The molecule has 1 aromatic carbocycles. The van der Waals surface area contributed by atoms with Gasteiger partial charge in [-0.25, -0.2) is 9.97 Å². The van der Waals surface area contributed by atoms with E-state index in [-0.39, 0.29) is 5.91 Å². The number of hydrogen-bond donors (Lipinski definition) is 1. The summed E-state index contributed by atoms with van der Waals surface area (Å²) in [5, 5.41) is 2.92. The van der Waals surface area contributed by atoms with Crippen LogP contribution in [0, 0.1) is 13.8 Å². The molecule has 2 aromatic rings. The summed E-state index contributed by atoms with van der Waals surface area (Å²) in [6.07, 6.45) is 3.53. The fourth-order valence-electron chi connectivity index (χ4n) is 2.77. The van der Waals surface area contributed by atoms with Crippen molar-refractivity contribution in [3.8, 4) is 0 Å². The molecule has 0 aliphatic rings. The fraction of sp³-hybridized carbons (Fsp3) is 0.421. The molecule has 0 bridgehead atoms. The molecule has 0 saturated heterocycles. The van der Waals surface area contributed by atoms with Gasteiger partial charge < -0.3 is 10.2 Å². The van der Waals surface area contributed by atoms with E-state index in [9.17, 15) is 4.79 Å². The lowest BCUT2D eigenvalue weighted by Crippen LogP contribution is -2.26. The molecule has 24 heavy (non-hydrogen) atoms. The van der Waals surface area contributed by atoms with Gasteiger partial charge in [0.2, 0.25) is 0 Å². The van der Waals surface area contributed by atoms with Gasteiger partial charge in [0.05, 0.1) is 0 Å². The van der Waals surface area contributed by atoms with Crippen LogP contribution >= 0.6 is 0 Å². The molecule has 5 nitrogen and oxygen atoms in total. The van der Waals surface area contributed by atoms with Gasteiger partial charge in [0.25, 0.3) is 5.91 Å². The maximum atomic E-state index is 12.5. The zero-order valence-electron chi connectivity index (χ0n) is 15.0. The van der Waals surface area contributed by atoms with E-state index in [2.05, 4.69) is 40.1 Å². The highest BCUT2D eigenvalue weighted by atomic mass is 16.1. The molecule has 1 aromatic heterocycles. The largest absolute Gasteiger partial charge is 0.357 e. The molecule has 0 saturated carbocycles. The van der Waals surface area contributed by atoms with E-state index in [0.29, 0.717) is 5.69 Å². The average molecular weight is 326 g/mol. The Morgan fingerprint density at radius 3 is 2.21 bits per heavy atom. The van der Waals surface area contributed by atoms with Crippen LogP contribution in [0.1, 0.15) is 48.3 Å². The van der Waals surface area contributed by atoms with Crippen LogP contribution in [0.15, 0.2) is 30.6 Å². The summed E-state index contributed by atoms with van der Waals surface area (Å²) in [6, 6.07) is 7.75. The highest BCUT2D eigenvalue weighted by molar-refractivity contribution is 6.03. The first-order chi connectivity index (χ1) is 11.5. The number of anilines is 2. The van der Waals surface area contributed by atoms with Crippen molar-refractivity contribution in [1.29, 1.82) is 0 Å². The minimum Gasteiger partial charge on any atom is -0.357 e. The average Bonchev–Trinajstić information content (AvgIpc) is 2.54. The smallest absolute Gasteiger partial charge is 0.274 e. The summed E-state index contributed by atoms with van der Waals surface area (Å²) in [6.45, 7) is 10.1. The number of aromatic nitrogens is 2. The Kier molecular flexibility index (Phi) is 6.29. The van der Waals surface area contributed by atoms with Crippen LogP contribution in [0.4, 0.5) is 11.5 Å². The molecule has 128 valence electrons. The van der Waals surface area contributed by atoms with Crippen LogP contribution in [0.3, 0.4) is 0 Å². The van der Waals surface area contributed by atoms with Gasteiger partial charge in [-0.15, -0.1) is 0 Å². The lowest BCUT2D eigenvalue weighted by atomic mass is 10.1. The van der Waals surface area contributed by atoms with E-state index >= 15 is 0 Å². The van der Waals surface area contributed by atoms with Crippen LogP contribution in [0.5, 0.6) is 0 Å². The third-order valence-electron chi connectivity index (χ3n) is 3.68. The molecule has 1 N–H and O–H groups in total. The molecule has 1 amide bonds. The number of hydrogen-bond acceptors (Lipinski definition) is 4. The van der Waals surface area contributed by atoms with Gasteiger partial charge in [-0.3, -0.25) is 4.79 Å². The molecular formula is C19H26N4O. The Balaban J connectivity index is 2.18. The lowest BCUT2D eigenvalue weighted by molar-refractivity contribution is 0.102. The van der Waals surface area contributed by atoms with E-state index in [0.717, 1.165) is 48.6 Å². The van der Waals surface area contributed by atoms with Crippen LogP contribution < -0.4 is 10.2 Å². The second-order valence-electron chi connectivity index (χ2n) is 6.08. The van der Waals surface area contributed by atoms with E-state index in [4.69, 9.17) is 0 Å². The highest BCUT2D eigenvalue weighted by Gasteiger charge is 2.13. The van der Waals surface area contributed by atoms with Crippen LogP contribution in [-0.2, 0) is 0 Å². The van der Waals surface area contributed by atoms with Crippen molar-refractivity contribution in [3.63, 3.8) is 0 Å². The Labute approximate surface area is 144 Å². The number of benzene rings is 1. The van der Waals surface area contributed by atoms with Gasteiger partial charge in [-0.05, 0) is 49.9 Å². The second-order valence-corrected chi connectivity index (χ2v) is 6.08. The van der Waals surface area contributed by atoms with E-state index in [1.165, 1.54) is 6.33 Å². The van der Waals surface area contributed by atoms with Gasteiger partial charge in [0.1, 0.15) is 17.8 Å². The lowest BCUT2D eigenvalue weighted by Gasteiger charge is -2.22. The minimum absolute atomic E-state index is 0.211. The fourth-order valence-corrected chi connectivity index (χ4v) is 2.77. The highest BCUT2D eigenvalue weighted by Crippen LogP contribution is 2.16. The predicted molar refractivity (Wildman–Crippen MR) is 98.7 cm³/mol. The molecule has 0 unspecified atom stereocenters. The van der Waals surface area contributed by atoms with Crippen LogP contribution in [0.2, 0.25) is 0 Å². The number of nitrogens with one attached hydrogen (secondary N) is 1. The number of nitrogens with zero attached hydrogens (tertiary/aromatic N) is 3. The number of carbonyl (C=O) groups is 1. The molecule has 2 rings (SSSR count). The molecule has 0 aliphatic carbocycles. The van der Waals surface area contributed by atoms with Crippen molar-refractivity contribution < 1.29 is 4.79 Å². The zero-order valence-corrected chi connectivity index (χ0v) is 15.0. The van der Waals surface area contributed by atoms with Gasteiger partial charge in [-0.1, -0.05) is 19.9 Å². The Hall–Kier alpha value is -2.43. The molecule has 0 aliphatic heterocycles. The van der Waals surface area contributed by atoms with Gasteiger partial charge in [0, 0.05) is 24.8 Å². The molecule has 0 spiro atoms. The van der Waals surface area contributed by atoms with Crippen molar-refractivity contribution >= 4 is 17.4 Å². The Morgan fingerprint density at radius 1 is 1.00 bits per heavy atom. The molecule has 0 fully saturated rings. The maximum Gasteiger partial charge on any atom is 0.274 e. The van der Waals surface area contributed by atoms with Crippen molar-refractivity contribution in [2.24, 2.45) is 0 Å². The van der Waals surface area contributed by atoms with E-state index in [1.54, 1.807) is 6.07 Å². The van der Waals surface area contributed by atoms with Gasteiger partial charge in [0.15, 0.2) is 0 Å². The Morgan fingerprint density at radius 2 is 1.62 bits per heavy atom.